The molecule has 0 radical (unpaired) electrons. The lowest BCUT2D eigenvalue weighted by atomic mass is 9.69. The maximum atomic E-state index is 12.5. The SMILES string of the molecule is CC/C=C\C(=O)N1[C@H]2CC3CC[C@@]2(CS1(=O)=O)C3(C)C.CCC#CC(=O)N1[C@H]2CC3CC[C@@]2(CS1(=O)=O)C3(C)C. The number of carbonyl (C=O) groups excluding carboxylic acids is 2. The van der Waals surface area contributed by atoms with E-state index in [4.69, 9.17) is 0 Å². The molecular weight excluding hydrogens is 548 g/mol. The molecule has 6 aliphatic rings. The second-order valence-electron chi connectivity index (χ2n) is 13.9. The van der Waals surface area contributed by atoms with E-state index < -0.39 is 26.0 Å². The molecule has 6 atom stereocenters. The van der Waals surface area contributed by atoms with Crippen molar-refractivity contribution >= 4 is 31.9 Å². The Morgan fingerprint density at radius 1 is 0.825 bits per heavy atom. The van der Waals surface area contributed by atoms with E-state index in [0.29, 0.717) is 18.3 Å². The molecule has 2 amide bonds. The van der Waals surface area contributed by atoms with Gasteiger partial charge in [-0.05, 0) is 73.5 Å². The summed E-state index contributed by atoms with van der Waals surface area (Å²) in [6, 6.07) is -0.282. The van der Waals surface area contributed by atoms with Gasteiger partial charge in [0.1, 0.15) is 0 Å². The summed E-state index contributed by atoms with van der Waals surface area (Å²) in [6.07, 6.45) is 10.2. The van der Waals surface area contributed by atoms with E-state index in [1.165, 1.54) is 10.4 Å². The first-order chi connectivity index (χ1) is 18.5. The summed E-state index contributed by atoms with van der Waals surface area (Å²) < 4.78 is 52.3. The zero-order valence-electron chi connectivity index (χ0n) is 24.7. The van der Waals surface area contributed by atoms with Gasteiger partial charge in [-0.3, -0.25) is 9.59 Å². The summed E-state index contributed by atoms with van der Waals surface area (Å²) in [5, 5.41) is 0. The maximum absolute atomic E-state index is 12.5. The molecule has 40 heavy (non-hydrogen) atoms. The fourth-order valence-electron chi connectivity index (χ4n) is 9.65. The Morgan fingerprint density at radius 2 is 1.30 bits per heavy atom. The first kappa shape index (κ1) is 29.6. The van der Waals surface area contributed by atoms with Crippen molar-refractivity contribution in [1.82, 2.24) is 8.61 Å². The molecule has 0 aromatic rings. The highest BCUT2D eigenvalue weighted by molar-refractivity contribution is 7.90. The Balaban J connectivity index is 0.000000161. The number of allylic oxidation sites excluding steroid dienone is 1. The Morgan fingerprint density at radius 3 is 1.75 bits per heavy atom. The molecule has 222 valence electrons. The number of hydrogen-bond donors (Lipinski definition) is 0. The van der Waals surface area contributed by atoms with Crippen LogP contribution in [0.25, 0.3) is 0 Å². The van der Waals surface area contributed by atoms with Crippen LogP contribution in [-0.4, -0.2) is 60.8 Å². The first-order valence-electron chi connectivity index (χ1n) is 14.8. The average Bonchev–Trinajstić information content (AvgIpc) is 3.55. The molecule has 0 aromatic heterocycles. The van der Waals surface area contributed by atoms with E-state index in [2.05, 4.69) is 39.5 Å². The second-order valence-corrected chi connectivity index (χ2v) is 17.6. The monoisotopic (exact) mass is 592 g/mol. The van der Waals surface area contributed by atoms with E-state index in [1.54, 1.807) is 6.08 Å². The Hall–Kier alpha value is -1.86. The molecule has 2 unspecified atom stereocenters. The van der Waals surface area contributed by atoms with Gasteiger partial charge in [0.25, 0.3) is 5.91 Å². The van der Waals surface area contributed by atoms with E-state index in [-0.39, 0.29) is 51.2 Å². The fourth-order valence-corrected chi connectivity index (χ4v) is 14.6. The third-order valence-electron chi connectivity index (χ3n) is 12.1. The van der Waals surface area contributed by atoms with Gasteiger partial charge < -0.3 is 0 Å². The van der Waals surface area contributed by atoms with Crippen molar-refractivity contribution in [3.63, 3.8) is 0 Å². The van der Waals surface area contributed by atoms with Crippen LogP contribution in [0, 0.1) is 45.3 Å². The molecule has 2 saturated heterocycles. The lowest BCUT2D eigenvalue weighted by Gasteiger charge is -2.36. The van der Waals surface area contributed by atoms with Crippen LogP contribution < -0.4 is 0 Å². The summed E-state index contributed by atoms with van der Waals surface area (Å²) >= 11 is 0. The topological polar surface area (TPSA) is 109 Å². The van der Waals surface area contributed by atoms with Gasteiger partial charge in [0.15, 0.2) is 0 Å². The molecule has 6 fully saturated rings. The molecule has 2 heterocycles. The van der Waals surface area contributed by atoms with Crippen LogP contribution in [0.4, 0.5) is 0 Å². The lowest BCUT2D eigenvalue weighted by molar-refractivity contribution is -0.124. The number of rotatable bonds is 2. The summed E-state index contributed by atoms with van der Waals surface area (Å²) in [7, 11) is -6.97. The molecule has 4 aliphatic carbocycles. The number of sulfonamides is 2. The van der Waals surface area contributed by atoms with Crippen molar-refractivity contribution < 1.29 is 26.4 Å². The van der Waals surface area contributed by atoms with E-state index in [0.717, 1.165) is 49.3 Å². The molecule has 0 N–H and O–H groups in total. The summed E-state index contributed by atoms with van der Waals surface area (Å²) in [6.45, 7) is 12.5. The smallest absolute Gasteiger partial charge is 0.269 e. The molecule has 0 aromatic carbocycles. The number of amides is 2. The zero-order chi connectivity index (χ0) is 29.5. The normalized spacial score (nSPS) is 39.9. The van der Waals surface area contributed by atoms with Crippen LogP contribution in [0.2, 0.25) is 0 Å². The van der Waals surface area contributed by atoms with Crippen LogP contribution >= 0.6 is 0 Å². The molecule has 8 nitrogen and oxygen atoms in total. The first-order valence-corrected chi connectivity index (χ1v) is 18.0. The van der Waals surface area contributed by atoms with E-state index in [1.807, 2.05) is 13.8 Å². The van der Waals surface area contributed by atoms with Gasteiger partial charge in [0, 0.05) is 23.3 Å². The Kier molecular flexibility index (Phi) is 6.90. The van der Waals surface area contributed by atoms with Gasteiger partial charge >= 0.3 is 5.91 Å². The predicted octanol–water partition coefficient (Wildman–Crippen LogP) is 4.09. The number of nitrogens with zero attached hydrogens (tertiary/aromatic N) is 2. The number of carbonyl (C=O) groups is 2. The third kappa shape index (κ3) is 3.82. The Bertz CT molecular complexity index is 1420. The summed E-state index contributed by atoms with van der Waals surface area (Å²) in [5.74, 6) is 5.65. The molecule has 10 heteroatoms. The summed E-state index contributed by atoms with van der Waals surface area (Å²) in [5.41, 5.74) is -0.446. The molecule has 6 rings (SSSR count). The average molecular weight is 593 g/mol. The van der Waals surface area contributed by atoms with E-state index >= 15 is 0 Å². The highest BCUT2D eigenvalue weighted by Gasteiger charge is 2.73. The standard InChI is InChI=1S/C15H23NO3S.C15H21NO3S/c2*1-4-5-6-13(17)16-12-9-11-7-8-15(12,14(11,2)3)10-20(16,18)19/h5-6,11-12H,4,7-10H2,1-3H3;11-12H,4,7-10H2,1-3H3/b6-5-;/t2*11?,12-,15-/m00/s1. The lowest BCUT2D eigenvalue weighted by Crippen LogP contribution is -2.43. The molecule has 4 saturated carbocycles. The highest BCUT2D eigenvalue weighted by atomic mass is 32.2. The number of hydrogen-bond acceptors (Lipinski definition) is 6. The van der Waals surface area contributed by atoms with Gasteiger partial charge in [0.05, 0.1) is 23.6 Å². The minimum absolute atomic E-state index is 0.00203. The largest absolute Gasteiger partial charge is 0.312 e. The van der Waals surface area contributed by atoms with Gasteiger partial charge in [-0.25, -0.2) is 25.4 Å². The number of fused-ring (bicyclic) bond motifs is 2. The second kappa shape index (κ2) is 9.32. The maximum Gasteiger partial charge on any atom is 0.312 e. The minimum atomic E-state index is -3.51. The van der Waals surface area contributed by atoms with Crippen LogP contribution in [-0.2, 0) is 29.6 Å². The van der Waals surface area contributed by atoms with Crippen LogP contribution in [0.5, 0.6) is 0 Å². The highest BCUT2D eigenvalue weighted by Crippen LogP contribution is 2.71. The minimum Gasteiger partial charge on any atom is -0.269 e. The van der Waals surface area contributed by atoms with Crippen LogP contribution in [0.1, 0.15) is 92.9 Å². The van der Waals surface area contributed by atoms with Crippen molar-refractivity contribution in [2.45, 2.75) is 105 Å². The van der Waals surface area contributed by atoms with Crippen molar-refractivity contribution in [2.75, 3.05) is 11.5 Å². The quantitative estimate of drug-likeness (QED) is 0.353. The van der Waals surface area contributed by atoms with E-state index in [9.17, 15) is 26.4 Å². The van der Waals surface area contributed by atoms with Crippen molar-refractivity contribution in [1.29, 1.82) is 0 Å². The summed E-state index contributed by atoms with van der Waals surface area (Å²) in [4.78, 5) is 24.5. The van der Waals surface area contributed by atoms with Crippen molar-refractivity contribution in [2.24, 2.45) is 33.5 Å². The molecule has 2 aliphatic heterocycles. The molecule has 2 spiro atoms. The molecule has 4 bridgehead atoms. The van der Waals surface area contributed by atoms with Gasteiger partial charge in [-0.15, -0.1) is 0 Å². The third-order valence-corrected chi connectivity index (χ3v) is 15.9. The van der Waals surface area contributed by atoms with Crippen LogP contribution in [0.3, 0.4) is 0 Å². The molecular formula is C30H44N2O6S2. The van der Waals surface area contributed by atoms with Gasteiger partial charge in [-0.2, -0.15) is 0 Å². The van der Waals surface area contributed by atoms with Crippen LogP contribution in [0.15, 0.2) is 12.2 Å². The van der Waals surface area contributed by atoms with Crippen molar-refractivity contribution in [3.05, 3.63) is 12.2 Å². The zero-order valence-corrected chi connectivity index (χ0v) is 26.3. The Labute approximate surface area is 240 Å². The fraction of sp³-hybridized carbons (Fsp3) is 0.800. The van der Waals surface area contributed by atoms with Gasteiger partial charge in [-0.1, -0.05) is 53.5 Å². The van der Waals surface area contributed by atoms with Gasteiger partial charge in [0.2, 0.25) is 20.0 Å². The predicted molar refractivity (Wildman–Crippen MR) is 153 cm³/mol. The van der Waals surface area contributed by atoms with Crippen molar-refractivity contribution in [3.8, 4) is 11.8 Å².